The zero-order valence-corrected chi connectivity index (χ0v) is 12.9. The van der Waals surface area contributed by atoms with E-state index >= 15 is 0 Å². The van der Waals surface area contributed by atoms with E-state index < -0.39 is 0 Å². The van der Waals surface area contributed by atoms with E-state index in [-0.39, 0.29) is 5.91 Å². The smallest absolute Gasteiger partial charge is 0.257 e. The molecule has 3 heterocycles. The van der Waals surface area contributed by atoms with Crippen molar-refractivity contribution in [3.05, 3.63) is 36.0 Å². The molecule has 116 valence electrons. The van der Waals surface area contributed by atoms with Gasteiger partial charge in [-0.3, -0.25) is 9.89 Å². The Kier molecular flexibility index (Phi) is 4.04. The monoisotopic (exact) mass is 300 g/mol. The minimum Gasteiger partial charge on any atom is -0.356 e. The van der Waals surface area contributed by atoms with Gasteiger partial charge in [-0.25, -0.2) is 9.97 Å². The van der Waals surface area contributed by atoms with Gasteiger partial charge in [0.15, 0.2) is 0 Å². The van der Waals surface area contributed by atoms with Gasteiger partial charge in [0.1, 0.15) is 12.1 Å². The number of aromatic amines is 1. The molecule has 0 bridgehead atoms. The van der Waals surface area contributed by atoms with Crippen LogP contribution in [0.2, 0.25) is 0 Å². The molecule has 1 aliphatic rings. The average Bonchev–Trinajstić information content (AvgIpc) is 3.08. The van der Waals surface area contributed by atoms with Gasteiger partial charge in [-0.1, -0.05) is 0 Å². The molecule has 1 saturated heterocycles. The second-order valence-corrected chi connectivity index (χ2v) is 5.64. The first-order chi connectivity index (χ1) is 10.6. The number of rotatable bonds is 3. The van der Waals surface area contributed by atoms with Gasteiger partial charge in [0, 0.05) is 44.1 Å². The number of amides is 1. The fourth-order valence-electron chi connectivity index (χ4n) is 2.83. The van der Waals surface area contributed by atoms with Gasteiger partial charge < -0.3 is 9.80 Å². The summed E-state index contributed by atoms with van der Waals surface area (Å²) < 4.78 is 0. The van der Waals surface area contributed by atoms with E-state index in [9.17, 15) is 4.79 Å². The number of nitrogens with zero attached hydrogens (tertiary/aromatic N) is 5. The van der Waals surface area contributed by atoms with Crippen molar-refractivity contribution in [1.82, 2.24) is 25.1 Å². The molecule has 2 aromatic rings. The van der Waals surface area contributed by atoms with Gasteiger partial charge in [-0.2, -0.15) is 5.10 Å². The van der Waals surface area contributed by atoms with Gasteiger partial charge in [-0.15, -0.1) is 0 Å². The Morgan fingerprint density at radius 2 is 2.14 bits per heavy atom. The maximum absolute atomic E-state index is 12.3. The lowest BCUT2D eigenvalue weighted by Gasteiger charge is -2.37. The lowest BCUT2D eigenvalue weighted by atomic mass is 10.0. The molecule has 3 rings (SSSR count). The third-order valence-electron chi connectivity index (χ3n) is 4.20. The lowest BCUT2D eigenvalue weighted by Crippen LogP contribution is -2.45. The normalized spacial score (nSPS) is 15.8. The molecule has 1 aliphatic heterocycles. The number of carbonyl (C=O) groups is 1. The predicted molar refractivity (Wildman–Crippen MR) is 82.7 cm³/mol. The van der Waals surface area contributed by atoms with Crippen LogP contribution in [0.4, 0.5) is 5.82 Å². The van der Waals surface area contributed by atoms with Crippen molar-refractivity contribution in [2.75, 3.05) is 25.0 Å². The van der Waals surface area contributed by atoms with Gasteiger partial charge in [-0.05, 0) is 19.8 Å². The van der Waals surface area contributed by atoms with E-state index in [0.717, 1.165) is 37.4 Å². The molecular weight excluding hydrogens is 280 g/mol. The van der Waals surface area contributed by atoms with Crippen LogP contribution in [0.15, 0.2) is 24.8 Å². The molecule has 1 amide bonds. The molecule has 0 aliphatic carbocycles. The van der Waals surface area contributed by atoms with Crippen LogP contribution >= 0.6 is 0 Å². The Bertz CT molecular complexity index is 633. The van der Waals surface area contributed by atoms with Crippen LogP contribution in [0, 0.1) is 6.92 Å². The molecule has 0 radical (unpaired) electrons. The van der Waals surface area contributed by atoms with Crippen LogP contribution in [0.25, 0.3) is 0 Å². The molecule has 0 spiro atoms. The minimum atomic E-state index is 0.0488. The van der Waals surface area contributed by atoms with E-state index in [1.54, 1.807) is 18.7 Å². The van der Waals surface area contributed by atoms with Gasteiger partial charge in [0.2, 0.25) is 0 Å². The van der Waals surface area contributed by atoms with E-state index in [0.29, 0.717) is 11.6 Å². The van der Waals surface area contributed by atoms with Crippen LogP contribution in [-0.2, 0) is 0 Å². The standard InChI is InChI=1S/C15H20N6O/c1-11-7-14(17-10-16-11)20(2)13-3-5-21(6-4-13)15(22)12-8-18-19-9-12/h7-10,13H,3-6H2,1-2H3,(H,18,19). The molecule has 1 N–H and O–H groups in total. The number of anilines is 1. The number of carbonyl (C=O) groups excluding carboxylic acids is 1. The second kappa shape index (κ2) is 6.13. The van der Waals surface area contributed by atoms with Crippen molar-refractivity contribution >= 4 is 11.7 Å². The SMILES string of the molecule is Cc1cc(N(C)C2CCN(C(=O)c3cn[nH]c3)CC2)ncn1. The second-order valence-electron chi connectivity index (χ2n) is 5.64. The summed E-state index contributed by atoms with van der Waals surface area (Å²) in [5.74, 6) is 0.986. The largest absolute Gasteiger partial charge is 0.356 e. The van der Waals surface area contributed by atoms with Crippen LogP contribution in [-0.4, -0.2) is 57.2 Å². The number of likely N-dealkylation sites (tertiary alicyclic amines) is 1. The molecule has 7 heteroatoms. The minimum absolute atomic E-state index is 0.0488. The zero-order chi connectivity index (χ0) is 15.5. The highest BCUT2D eigenvalue weighted by atomic mass is 16.2. The summed E-state index contributed by atoms with van der Waals surface area (Å²) in [7, 11) is 2.06. The Morgan fingerprint density at radius 3 is 2.77 bits per heavy atom. The summed E-state index contributed by atoms with van der Waals surface area (Å²) >= 11 is 0. The van der Waals surface area contributed by atoms with Crippen LogP contribution < -0.4 is 4.90 Å². The number of H-pyrrole nitrogens is 1. The summed E-state index contributed by atoms with van der Waals surface area (Å²) in [6.07, 6.45) is 6.68. The molecule has 7 nitrogen and oxygen atoms in total. The van der Waals surface area contributed by atoms with E-state index in [4.69, 9.17) is 0 Å². The van der Waals surface area contributed by atoms with Crippen molar-refractivity contribution in [3.8, 4) is 0 Å². The third-order valence-corrected chi connectivity index (χ3v) is 4.20. The molecule has 1 fully saturated rings. The third kappa shape index (κ3) is 2.93. The summed E-state index contributed by atoms with van der Waals surface area (Å²) in [5, 5.41) is 6.52. The highest BCUT2D eigenvalue weighted by Crippen LogP contribution is 2.21. The van der Waals surface area contributed by atoms with Crippen molar-refractivity contribution in [1.29, 1.82) is 0 Å². The summed E-state index contributed by atoms with van der Waals surface area (Å²) in [6.45, 7) is 3.47. The number of nitrogens with one attached hydrogen (secondary N) is 1. The number of piperidine rings is 1. The first-order valence-electron chi connectivity index (χ1n) is 7.44. The number of hydrogen-bond donors (Lipinski definition) is 1. The number of aryl methyl sites for hydroxylation is 1. The topological polar surface area (TPSA) is 78.0 Å². The van der Waals surface area contributed by atoms with Crippen molar-refractivity contribution in [2.45, 2.75) is 25.8 Å². The van der Waals surface area contributed by atoms with Gasteiger partial charge >= 0.3 is 0 Å². The van der Waals surface area contributed by atoms with Gasteiger partial charge in [0.25, 0.3) is 5.91 Å². The number of hydrogen-bond acceptors (Lipinski definition) is 5. The maximum atomic E-state index is 12.3. The first kappa shape index (κ1) is 14.5. The van der Waals surface area contributed by atoms with Crippen LogP contribution in [0.5, 0.6) is 0 Å². The van der Waals surface area contributed by atoms with Crippen LogP contribution in [0.1, 0.15) is 28.9 Å². The molecule has 0 aromatic carbocycles. The van der Waals surface area contributed by atoms with Crippen molar-refractivity contribution in [3.63, 3.8) is 0 Å². The van der Waals surface area contributed by atoms with Gasteiger partial charge in [0.05, 0.1) is 11.8 Å². The highest BCUT2D eigenvalue weighted by molar-refractivity contribution is 5.93. The molecule has 0 unspecified atom stereocenters. The lowest BCUT2D eigenvalue weighted by molar-refractivity contribution is 0.0713. The van der Waals surface area contributed by atoms with Crippen molar-refractivity contribution < 1.29 is 4.79 Å². The van der Waals surface area contributed by atoms with Crippen molar-refractivity contribution in [2.24, 2.45) is 0 Å². The predicted octanol–water partition coefficient (Wildman–Crippen LogP) is 1.25. The van der Waals surface area contributed by atoms with Crippen LogP contribution in [0.3, 0.4) is 0 Å². The zero-order valence-electron chi connectivity index (χ0n) is 12.9. The highest BCUT2D eigenvalue weighted by Gasteiger charge is 2.26. The average molecular weight is 300 g/mol. The molecule has 2 aromatic heterocycles. The Morgan fingerprint density at radius 1 is 1.36 bits per heavy atom. The fraction of sp³-hybridized carbons (Fsp3) is 0.467. The maximum Gasteiger partial charge on any atom is 0.257 e. The Balaban J connectivity index is 1.61. The number of aromatic nitrogens is 4. The molecule has 0 saturated carbocycles. The van der Waals surface area contributed by atoms with E-state index in [1.807, 2.05) is 17.9 Å². The first-order valence-corrected chi connectivity index (χ1v) is 7.44. The Hall–Kier alpha value is -2.44. The molecule has 0 atom stereocenters. The summed E-state index contributed by atoms with van der Waals surface area (Å²) in [6, 6.07) is 2.38. The summed E-state index contributed by atoms with van der Waals surface area (Å²) in [4.78, 5) is 24.8. The molecule has 22 heavy (non-hydrogen) atoms. The molecular formula is C15H20N6O. The quantitative estimate of drug-likeness (QED) is 0.923. The van der Waals surface area contributed by atoms with E-state index in [1.165, 1.54) is 0 Å². The fourth-order valence-corrected chi connectivity index (χ4v) is 2.83. The van der Waals surface area contributed by atoms with E-state index in [2.05, 4.69) is 32.1 Å². The Labute approximate surface area is 129 Å². The summed E-state index contributed by atoms with van der Waals surface area (Å²) in [5.41, 5.74) is 1.59.